The van der Waals surface area contributed by atoms with E-state index in [1.54, 1.807) is 11.9 Å². The lowest BCUT2D eigenvalue weighted by atomic mass is 9.29. The van der Waals surface area contributed by atoms with Crippen LogP contribution in [0.25, 0.3) is 0 Å². The van der Waals surface area contributed by atoms with Gasteiger partial charge in [-0.1, -0.05) is 49.4 Å². The SMILES string of the molecule is C[C@]12C3=C1[C@]1(C)C3C3C4=C(C31)[C@@]1(C)C2C41SN. The minimum atomic E-state index is 0.405. The second-order valence-corrected chi connectivity index (χ2v) is 8.95. The van der Waals surface area contributed by atoms with Crippen molar-refractivity contribution in [1.82, 2.24) is 0 Å². The van der Waals surface area contributed by atoms with Crippen LogP contribution in [0.5, 0.6) is 0 Å². The average Bonchev–Trinajstić information content (AvgIpc) is 2.96. The molecule has 2 N–H and O–H groups in total. The van der Waals surface area contributed by atoms with Gasteiger partial charge < -0.3 is 0 Å². The van der Waals surface area contributed by atoms with Gasteiger partial charge in [0.15, 0.2) is 0 Å². The molecule has 4 saturated carbocycles. The summed E-state index contributed by atoms with van der Waals surface area (Å²) in [5.41, 5.74) is 9.21. The fraction of sp³-hybridized carbons (Fsp3) is 0.733. The zero-order valence-electron chi connectivity index (χ0n) is 10.3. The minimum Gasteiger partial charge on any atom is -0.277 e. The van der Waals surface area contributed by atoms with Crippen LogP contribution in [-0.2, 0) is 0 Å². The third-order valence-corrected chi connectivity index (χ3v) is 9.73. The van der Waals surface area contributed by atoms with Crippen LogP contribution in [0.15, 0.2) is 22.3 Å². The van der Waals surface area contributed by atoms with Crippen LogP contribution in [0, 0.1) is 39.9 Å². The summed E-state index contributed by atoms with van der Waals surface area (Å²) in [6.45, 7) is 7.64. The van der Waals surface area contributed by atoms with Crippen LogP contribution >= 0.6 is 11.9 Å². The van der Waals surface area contributed by atoms with E-state index in [1.165, 1.54) is 0 Å². The van der Waals surface area contributed by atoms with Crippen molar-refractivity contribution < 1.29 is 0 Å². The molecule has 8 aliphatic carbocycles. The van der Waals surface area contributed by atoms with E-state index in [9.17, 15) is 0 Å². The largest absolute Gasteiger partial charge is 0.277 e. The molecule has 1 nitrogen and oxygen atoms in total. The molecule has 0 amide bonds. The lowest BCUT2D eigenvalue weighted by molar-refractivity contribution is -0.0760. The normalized spacial score (nSPS) is 80.5. The van der Waals surface area contributed by atoms with E-state index < -0.39 is 0 Å². The second-order valence-electron chi connectivity index (χ2n) is 8.07. The van der Waals surface area contributed by atoms with Gasteiger partial charge in [-0.05, 0) is 23.3 Å². The Morgan fingerprint density at radius 2 is 1.76 bits per heavy atom. The second kappa shape index (κ2) is 1.45. The molecule has 0 heterocycles. The highest BCUT2D eigenvalue weighted by Crippen LogP contribution is 3.08. The summed E-state index contributed by atoms with van der Waals surface area (Å²) in [5.74, 6) is 3.73. The number of hydrogen-bond acceptors (Lipinski definition) is 2. The van der Waals surface area contributed by atoms with Crippen molar-refractivity contribution in [2.45, 2.75) is 25.5 Å². The monoisotopic (exact) mass is 241 g/mol. The maximum atomic E-state index is 6.14. The molecule has 8 rings (SSSR count). The third kappa shape index (κ3) is 0.327. The van der Waals surface area contributed by atoms with E-state index in [0.29, 0.717) is 21.0 Å². The van der Waals surface area contributed by atoms with Gasteiger partial charge in [0.25, 0.3) is 0 Å². The van der Waals surface area contributed by atoms with Gasteiger partial charge in [0.2, 0.25) is 0 Å². The Balaban J connectivity index is 1.67. The van der Waals surface area contributed by atoms with Crippen molar-refractivity contribution >= 4 is 11.9 Å². The van der Waals surface area contributed by atoms with Gasteiger partial charge in [0, 0.05) is 22.2 Å². The summed E-state index contributed by atoms with van der Waals surface area (Å²) in [5, 5.41) is 6.14. The Morgan fingerprint density at radius 3 is 2.47 bits per heavy atom. The smallest absolute Gasteiger partial charge is 0.0659 e. The average molecular weight is 241 g/mol. The molecule has 86 valence electrons. The van der Waals surface area contributed by atoms with E-state index in [2.05, 4.69) is 20.8 Å². The predicted molar refractivity (Wildman–Crippen MR) is 66.8 cm³/mol. The fourth-order valence-electron chi connectivity index (χ4n) is 8.43. The number of allylic oxidation sites excluding steroid dienone is 3. The summed E-state index contributed by atoms with van der Waals surface area (Å²) >= 11 is 1.70. The van der Waals surface area contributed by atoms with Crippen LogP contribution in [0.3, 0.4) is 0 Å². The molecule has 4 fully saturated rings. The Kier molecular flexibility index (Phi) is 0.688. The van der Waals surface area contributed by atoms with E-state index in [1.807, 2.05) is 22.3 Å². The molecule has 0 spiro atoms. The van der Waals surface area contributed by atoms with Gasteiger partial charge in [-0.15, -0.1) is 0 Å². The molecule has 17 heavy (non-hydrogen) atoms. The molecule has 5 unspecified atom stereocenters. The number of rotatable bonds is 1. The summed E-state index contributed by atoms with van der Waals surface area (Å²) in [7, 11) is 0. The highest BCUT2D eigenvalue weighted by atomic mass is 32.2. The van der Waals surface area contributed by atoms with E-state index in [0.717, 1.165) is 23.7 Å². The van der Waals surface area contributed by atoms with Crippen molar-refractivity contribution in [2.24, 2.45) is 45.1 Å². The maximum Gasteiger partial charge on any atom is 0.0659 e. The number of nitrogens with two attached hydrogens (primary N) is 1. The topological polar surface area (TPSA) is 26.0 Å². The van der Waals surface area contributed by atoms with E-state index in [4.69, 9.17) is 5.14 Å². The molecule has 8 atom stereocenters. The van der Waals surface area contributed by atoms with Crippen LogP contribution < -0.4 is 5.14 Å². The molecule has 0 bridgehead atoms. The number of hydrogen-bond donors (Lipinski definition) is 1. The Labute approximate surface area is 105 Å². The molecule has 0 aliphatic heterocycles. The van der Waals surface area contributed by atoms with Crippen LogP contribution in [0.1, 0.15) is 20.8 Å². The summed E-state index contributed by atoms with van der Waals surface area (Å²) in [4.78, 5) is 0. The van der Waals surface area contributed by atoms with E-state index >= 15 is 0 Å². The molecule has 0 radical (unpaired) electrons. The first-order chi connectivity index (χ1) is 8.03. The Hall–Kier alpha value is -0.210. The fourth-order valence-corrected chi connectivity index (χ4v) is 9.83. The first-order valence-corrected chi connectivity index (χ1v) is 7.80. The maximum absolute atomic E-state index is 6.14. The molecule has 0 saturated heterocycles. The minimum absolute atomic E-state index is 0.405. The van der Waals surface area contributed by atoms with Crippen LogP contribution in [0.2, 0.25) is 0 Å². The predicted octanol–water partition coefficient (Wildman–Crippen LogP) is 2.50. The van der Waals surface area contributed by atoms with Gasteiger partial charge in [0.05, 0.1) is 4.75 Å². The Morgan fingerprint density at radius 1 is 1.06 bits per heavy atom. The highest BCUT2D eigenvalue weighted by molar-refractivity contribution is 7.99. The lowest BCUT2D eigenvalue weighted by Crippen LogP contribution is -2.70. The molecule has 0 aromatic carbocycles. The van der Waals surface area contributed by atoms with Gasteiger partial charge in [-0.2, -0.15) is 0 Å². The first kappa shape index (κ1) is 8.06. The molecular formula is C15H15NS. The zero-order chi connectivity index (χ0) is 11.3. The third-order valence-electron chi connectivity index (χ3n) is 8.48. The summed E-state index contributed by atoms with van der Waals surface area (Å²) in [6, 6.07) is 0. The van der Waals surface area contributed by atoms with Crippen molar-refractivity contribution in [3.05, 3.63) is 22.3 Å². The van der Waals surface area contributed by atoms with E-state index in [-0.39, 0.29) is 0 Å². The van der Waals surface area contributed by atoms with Crippen molar-refractivity contribution in [3.63, 3.8) is 0 Å². The van der Waals surface area contributed by atoms with Gasteiger partial charge in [-0.3, -0.25) is 5.14 Å². The van der Waals surface area contributed by atoms with Crippen LogP contribution in [0.4, 0.5) is 0 Å². The first-order valence-electron chi connectivity index (χ1n) is 6.92. The zero-order valence-corrected chi connectivity index (χ0v) is 11.1. The highest BCUT2D eigenvalue weighted by Gasteiger charge is 3.05. The van der Waals surface area contributed by atoms with Crippen LogP contribution in [-0.4, -0.2) is 4.75 Å². The van der Waals surface area contributed by atoms with Crippen molar-refractivity contribution in [2.75, 3.05) is 0 Å². The van der Waals surface area contributed by atoms with Crippen molar-refractivity contribution in [3.8, 4) is 0 Å². The molecule has 8 aliphatic rings. The van der Waals surface area contributed by atoms with Gasteiger partial charge >= 0.3 is 0 Å². The molecular weight excluding hydrogens is 226 g/mol. The standard InChI is InChI=1S/C15H15NS/c1-12-5-4-6(12)9-10(12)13(9,2)11-14(3)8(5)7(4)15(11,14)17-16/h4-6,11H,16H2,1-3H3/t4?,5?,6?,11?,12-,13-,14-,15?/m0/s1. The Bertz CT molecular complexity index is 689. The van der Waals surface area contributed by atoms with Gasteiger partial charge in [-0.25, -0.2) is 0 Å². The molecule has 0 aromatic heterocycles. The summed E-state index contributed by atoms with van der Waals surface area (Å²) < 4.78 is 0.405. The van der Waals surface area contributed by atoms with Gasteiger partial charge in [0.1, 0.15) is 0 Å². The molecule has 2 heteroatoms. The quantitative estimate of drug-likeness (QED) is 0.564. The summed E-state index contributed by atoms with van der Waals surface area (Å²) in [6.07, 6.45) is 0. The van der Waals surface area contributed by atoms with Crippen molar-refractivity contribution in [1.29, 1.82) is 0 Å². The lowest BCUT2D eigenvalue weighted by Gasteiger charge is -2.75. The molecule has 0 aromatic rings.